The molecule has 0 spiro atoms. The number of halogens is 1. The van der Waals surface area contributed by atoms with Crippen LogP contribution in [0.5, 0.6) is 5.75 Å². The van der Waals surface area contributed by atoms with Crippen LogP contribution in [-0.4, -0.2) is 17.7 Å². The van der Waals surface area contributed by atoms with Crippen LogP contribution in [0.15, 0.2) is 48.5 Å². The fourth-order valence-corrected chi connectivity index (χ4v) is 2.09. The average molecular weight is 291 g/mol. The van der Waals surface area contributed by atoms with E-state index in [4.69, 9.17) is 21.4 Å². The highest BCUT2D eigenvalue weighted by molar-refractivity contribution is 6.32. The van der Waals surface area contributed by atoms with Gasteiger partial charge in [-0.3, -0.25) is 0 Å². The molecule has 20 heavy (non-hydrogen) atoms. The molecule has 1 N–H and O–H groups in total. The highest BCUT2D eigenvalue weighted by atomic mass is 35.5. The summed E-state index contributed by atoms with van der Waals surface area (Å²) in [6, 6.07) is 14.6. The summed E-state index contributed by atoms with van der Waals surface area (Å²) in [7, 11) is 0. The predicted molar refractivity (Wildman–Crippen MR) is 78.7 cm³/mol. The SMILES string of the molecule is O=C(O)c1ccc(OCCCc2ccccc2)c(Cl)c1. The van der Waals surface area contributed by atoms with Crippen LogP contribution < -0.4 is 4.74 Å². The third-order valence-electron chi connectivity index (χ3n) is 2.89. The molecule has 4 heteroatoms. The van der Waals surface area contributed by atoms with Gasteiger partial charge in [0, 0.05) is 0 Å². The lowest BCUT2D eigenvalue weighted by atomic mass is 10.1. The van der Waals surface area contributed by atoms with Crippen molar-refractivity contribution >= 4 is 17.6 Å². The van der Waals surface area contributed by atoms with Crippen molar-refractivity contribution in [1.29, 1.82) is 0 Å². The molecule has 0 aliphatic heterocycles. The molecular formula is C16H15ClO3. The normalized spacial score (nSPS) is 10.2. The largest absolute Gasteiger partial charge is 0.492 e. The zero-order chi connectivity index (χ0) is 14.4. The van der Waals surface area contributed by atoms with Crippen molar-refractivity contribution < 1.29 is 14.6 Å². The Bertz CT molecular complexity index is 582. The Labute approximate surface area is 122 Å². The summed E-state index contributed by atoms with van der Waals surface area (Å²) in [5.41, 5.74) is 1.43. The van der Waals surface area contributed by atoms with Crippen molar-refractivity contribution in [1.82, 2.24) is 0 Å². The van der Waals surface area contributed by atoms with Crippen LogP contribution in [0.3, 0.4) is 0 Å². The number of hydrogen-bond acceptors (Lipinski definition) is 2. The minimum absolute atomic E-state index is 0.159. The molecule has 0 aliphatic carbocycles. The first kappa shape index (κ1) is 14.4. The van der Waals surface area contributed by atoms with E-state index in [1.165, 1.54) is 17.7 Å². The number of ether oxygens (including phenoxy) is 1. The van der Waals surface area contributed by atoms with Gasteiger partial charge in [-0.05, 0) is 36.6 Å². The average Bonchev–Trinajstić information content (AvgIpc) is 2.46. The maximum atomic E-state index is 10.8. The molecule has 0 atom stereocenters. The number of carboxylic acids is 1. The number of benzene rings is 2. The maximum Gasteiger partial charge on any atom is 0.335 e. The molecule has 0 unspecified atom stereocenters. The first-order valence-corrected chi connectivity index (χ1v) is 6.74. The number of rotatable bonds is 6. The molecule has 0 saturated carbocycles. The molecule has 0 fully saturated rings. The Kier molecular flexibility index (Phi) is 5.02. The molecule has 104 valence electrons. The standard InChI is InChI=1S/C16H15ClO3/c17-14-11-13(16(18)19)8-9-15(14)20-10-4-7-12-5-2-1-3-6-12/h1-3,5-6,8-9,11H,4,7,10H2,(H,18,19). The minimum Gasteiger partial charge on any atom is -0.492 e. The lowest BCUT2D eigenvalue weighted by molar-refractivity contribution is 0.0697. The molecule has 0 saturated heterocycles. The Hall–Kier alpha value is -2.00. The molecule has 0 aliphatic rings. The molecule has 0 radical (unpaired) electrons. The van der Waals surface area contributed by atoms with Gasteiger partial charge in [0.05, 0.1) is 17.2 Å². The summed E-state index contributed by atoms with van der Waals surface area (Å²) in [5, 5.41) is 9.16. The minimum atomic E-state index is -0.998. The summed E-state index contributed by atoms with van der Waals surface area (Å²) in [6.45, 7) is 0.543. The van der Waals surface area contributed by atoms with E-state index in [0.717, 1.165) is 12.8 Å². The van der Waals surface area contributed by atoms with E-state index in [1.54, 1.807) is 6.07 Å². The molecule has 3 nitrogen and oxygen atoms in total. The molecule has 0 amide bonds. The van der Waals surface area contributed by atoms with Crippen molar-refractivity contribution in [2.45, 2.75) is 12.8 Å². The topological polar surface area (TPSA) is 46.5 Å². The fourth-order valence-electron chi connectivity index (χ4n) is 1.85. The van der Waals surface area contributed by atoms with E-state index < -0.39 is 5.97 Å². The van der Waals surface area contributed by atoms with Crippen molar-refractivity contribution in [3.63, 3.8) is 0 Å². The van der Waals surface area contributed by atoms with Gasteiger partial charge in [-0.15, -0.1) is 0 Å². The number of hydrogen-bond donors (Lipinski definition) is 1. The van der Waals surface area contributed by atoms with Gasteiger partial charge in [-0.2, -0.15) is 0 Å². The third-order valence-corrected chi connectivity index (χ3v) is 3.18. The summed E-state index contributed by atoms with van der Waals surface area (Å²) < 4.78 is 5.57. The van der Waals surface area contributed by atoms with E-state index in [0.29, 0.717) is 17.4 Å². The second-order valence-corrected chi connectivity index (χ2v) is 4.80. The van der Waals surface area contributed by atoms with Crippen molar-refractivity contribution in [3.05, 3.63) is 64.7 Å². The van der Waals surface area contributed by atoms with Gasteiger partial charge in [-0.25, -0.2) is 4.79 Å². The Morgan fingerprint density at radius 2 is 1.90 bits per heavy atom. The van der Waals surface area contributed by atoms with Crippen LogP contribution >= 0.6 is 11.6 Å². The summed E-state index contributed by atoms with van der Waals surface area (Å²) in [4.78, 5) is 10.8. The monoisotopic (exact) mass is 290 g/mol. The number of aromatic carboxylic acids is 1. The molecule has 2 rings (SSSR count). The summed E-state index contributed by atoms with van der Waals surface area (Å²) in [6.07, 6.45) is 1.81. The lowest BCUT2D eigenvalue weighted by Gasteiger charge is -2.08. The van der Waals surface area contributed by atoms with Gasteiger partial charge >= 0.3 is 5.97 Å². The van der Waals surface area contributed by atoms with Crippen LogP contribution in [-0.2, 0) is 6.42 Å². The summed E-state index contributed by atoms with van der Waals surface area (Å²) in [5.74, 6) is -0.479. The number of aryl methyl sites for hydroxylation is 1. The smallest absolute Gasteiger partial charge is 0.335 e. The molecule has 2 aromatic carbocycles. The van der Waals surface area contributed by atoms with Gasteiger partial charge in [0.2, 0.25) is 0 Å². The highest BCUT2D eigenvalue weighted by Gasteiger charge is 2.07. The quantitative estimate of drug-likeness (QED) is 0.816. The first-order valence-electron chi connectivity index (χ1n) is 6.36. The van der Waals surface area contributed by atoms with Crippen LogP contribution in [0.2, 0.25) is 5.02 Å². The van der Waals surface area contributed by atoms with E-state index in [1.807, 2.05) is 18.2 Å². The van der Waals surface area contributed by atoms with Crippen LogP contribution in [0.4, 0.5) is 0 Å². The lowest BCUT2D eigenvalue weighted by Crippen LogP contribution is -2.01. The molecule has 0 bridgehead atoms. The second-order valence-electron chi connectivity index (χ2n) is 4.39. The van der Waals surface area contributed by atoms with E-state index in [2.05, 4.69) is 12.1 Å². The predicted octanol–water partition coefficient (Wildman–Crippen LogP) is 4.05. The number of carboxylic acid groups (broad SMARTS) is 1. The maximum absolute atomic E-state index is 10.8. The van der Waals surface area contributed by atoms with Crippen LogP contribution in [0.1, 0.15) is 22.3 Å². The Balaban J connectivity index is 1.84. The van der Waals surface area contributed by atoms with Crippen molar-refractivity contribution in [2.24, 2.45) is 0 Å². The highest BCUT2D eigenvalue weighted by Crippen LogP contribution is 2.25. The molecule has 2 aromatic rings. The van der Waals surface area contributed by atoms with Gasteiger partial charge in [0.25, 0.3) is 0 Å². The molecule has 0 aromatic heterocycles. The molecule has 0 heterocycles. The third kappa shape index (κ3) is 4.00. The van der Waals surface area contributed by atoms with E-state index in [9.17, 15) is 4.79 Å². The van der Waals surface area contributed by atoms with Crippen LogP contribution in [0.25, 0.3) is 0 Å². The fraction of sp³-hybridized carbons (Fsp3) is 0.188. The van der Waals surface area contributed by atoms with E-state index >= 15 is 0 Å². The zero-order valence-electron chi connectivity index (χ0n) is 10.9. The summed E-state index contributed by atoms with van der Waals surface area (Å²) >= 11 is 5.98. The van der Waals surface area contributed by atoms with Crippen molar-refractivity contribution in [2.75, 3.05) is 6.61 Å². The van der Waals surface area contributed by atoms with Gasteiger partial charge in [0.15, 0.2) is 0 Å². The molecular weight excluding hydrogens is 276 g/mol. The first-order chi connectivity index (χ1) is 9.66. The Morgan fingerprint density at radius 3 is 2.55 bits per heavy atom. The Morgan fingerprint density at radius 1 is 1.15 bits per heavy atom. The van der Waals surface area contributed by atoms with Gasteiger partial charge in [0.1, 0.15) is 5.75 Å². The van der Waals surface area contributed by atoms with Crippen molar-refractivity contribution in [3.8, 4) is 5.75 Å². The van der Waals surface area contributed by atoms with Crippen LogP contribution in [0, 0.1) is 0 Å². The van der Waals surface area contributed by atoms with Gasteiger partial charge in [-0.1, -0.05) is 41.9 Å². The van der Waals surface area contributed by atoms with Gasteiger partial charge < -0.3 is 9.84 Å². The van der Waals surface area contributed by atoms with E-state index in [-0.39, 0.29) is 5.56 Å². The number of carbonyl (C=O) groups is 1. The zero-order valence-corrected chi connectivity index (χ0v) is 11.6. The second kappa shape index (κ2) is 6.96.